The molecule has 0 aliphatic carbocycles. The van der Waals surface area contributed by atoms with E-state index < -0.39 is 0 Å². The van der Waals surface area contributed by atoms with Crippen LogP contribution >= 0.6 is 11.5 Å². The van der Waals surface area contributed by atoms with E-state index in [1.165, 1.54) is 11.6 Å². The zero-order valence-corrected chi connectivity index (χ0v) is 21.3. The summed E-state index contributed by atoms with van der Waals surface area (Å²) in [6, 6.07) is 27.2. The predicted molar refractivity (Wildman–Crippen MR) is 148 cm³/mol. The van der Waals surface area contributed by atoms with Crippen LogP contribution in [0.25, 0.3) is 39.2 Å². The van der Waals surface area contributed by atoms with Gasteiger partial charge in [-0.2, -0.15) is 14.6 Å². The quantitative estimate of drug-likeness (QED) is 0.280. The largest absolute Gasteiger partial charge is 0.497 e. The van der Waals surface area contributed by atoms with Crippen molar-refractivity contribution >= 4 is 28.1 Å². The molecular weight excluding hydrogens is 500 g/mol. The molecule has 0 amide bonds. The highest BCUT2D eigenvalue weighted by molar-refractivity contribution is 7.09. The number of nitrogens with zero attached hydrogens (tertiary/aromatic N) is 4. The number of aromatic nitrogens is 5. The summed E-state index contributed by atoms with van der Waals surface area (Å²) in [7, 11) is 3.11. The van der Waals surface area contributed by atoms with Gasteiger partial charge in [-0.15, -0.1) is 4.37 Å². The van der Waals surface area contributed by atoms with Crippen LogP contribution in [-0.4, -0.2) is 38.2 Å². The second-order valence-corrected chi connectivity index (χ2v) is 9.09. The molecule has 3 aromatic carbocycles. The smallest absolute Gasteiger partial charge is 0.329 e. The molecule has 3 aromatic heterocycles. The maximum absolute atomic E-state index is 14.1. The number of nitrogens with one attached hydrogen (secondary N) is 2. The maximum Gasteiger partial charge on any atom is 0.329 e. The van der Waals surface area contributed by atoms with Crippen molar-refractivity contribution in [1.29, 1.82) is 0 Å². The first-order valence-electron chi connectivity index (χ1n) is 11.7. The molecule has 9 nitrogen and oxygen atoms in total. The molecule has 0 atom stereocenters. The Morgan fingerprint density at radius 3 is 2.11 bits per heavy atom. The van der Waals surface area contributed by atoms with Crippen molar-refractivity contribution in [3.63, 3.8) is 0 Å². The van der Waals surface area contributed by atoms with Crippen LogP contribution in [0.3, 0.4) is 0 Å². The first-order chi connectivity index (χ1) is 18.7. The normalized spacial score (nSPS) is 11.0. The molecule has 38 heavy (non-hydrogen) atoms. The lowest BCUT2D eigenvalue weighted by atomic mass is 10.0. The topological polar surface area (TPSA) is 106 Å². The van der Waals surface area contributed by atoms with Gasteiger partial charge >= 0.3 is 6.01 Å². The lowest BCUT2D eigenvalue weighted by Crippen LogP contribution is -2.19. The zero-order valence-electron chi connectivity index (χ0n) is 20.5. The minimum Gasteiger partial charge on any atom is -0.497 e. The highest BCUT2D eigenvalue weighted by Crippen LogP contribution is 2.36. The number of benzene rings is 3. The number of fused-ring (bicyclic) bond motifs is 1. The van der Waals surface area contributed by atoms with Gasteiger partial charge < -0.3 is 19.8 Å². The number of H-pyrrole nitrogens is 1. The second kappa shape index (κ2) is 9.83. The molecule has 2 N–H and O–H groups in total. The molecule has 0 saturated carbocycles. The Labute approximate surface area is 221 Å². The molecule has 0 aliphatic heterocycles. The molecule has 6 rings (SSSR count). The molecule has 0 aliphatic rings. The molecular formula is C28H22N6O3S. The van der Waals surface area contributed by atoms with Crippen molar-refractivity contribution in [1.82, 2.24) is 24.0 Å². The van der Waals surface area contributed by atoms with Gasteiger partial charge in [0, 0.05) is 17.1 Å². The van der Waals surface area contributed by atoms with Crippen LogP contribution in [0.2, 0.25) is 0 Å². The van der Waals surface area contributed by atoms with Crippen LogP contribution in [0, 0.1) is 0 Å². The summed E-state index contributed by atoms with van der Waals surface area (Å²) in [5.74, 6) is 1.15. The lowest BCUT2D eigenvalue weighted by molar-refractivity contribution is 0.386. The lowest BCUT2D eigenvalue weighted by Gasteiger charge is -2.12. The Kier molecular flexibility index (Phi) is 6.06. The fourth-order valence-corrected chi connectivity index (χ4v) is 4.87. The third-order valence-electron chi connectivity index (χ3n) is 6.10. The van der Waals surface area contributed by atoms with Gasteiger partial charge in [0.25, 0.3) is 5.56 Å². The predicted octanol–water partition coefficient (Wildman–Crippen LogP) is 5.64. The number of methoxy groups -OCH3 is 2. The van der Waals surface area contributed by atoms with Crippen molar-refractivity contribution in [2.45, 2.75) is 0 Å². The fourth-order valence-electron chi connectivity index (χ4n) is 4.32. The number of hydrogen-bond acceptors (Lipinski definition) is 8. The summed E-state index contributed by atoms with van der Waals surface area (Å²) in [5, 5.41) is 8.54. The van der Waals surface area contributed by atoms with Gasteiger partial charge in [-0.3, -0.25) is 4.79 Å². The van der Waals surface area contributed by atoms with E-state index >= 15 is 0 Å². The fraction of sp³-hybridized carbons (Fsp3) is 0.0714. The van der Waals surface area contributed by atoms with Crippen LogP contribution in [0.5, 0.6) is 11.8 Å². The minimum atomic E-state index is -0.290. The van der Waals surface area contributed by atoms with Crippen molar-refractivity contribution < 1.29 is 9.47 Å². The second-order valence-electron chi connectivity index (χ2n) is 8.34. The number of ether oxygens (including phenoxy) is 2. The molecule has 0 fully saturated rings. The summed E-state index contributed by atoms with van der Waals surface area (Å²) in [6.45, 7) is 0. The van der Waals surface area contributed by atoms with E-state index in [0.717, 1.165) is 28.2 Å². The summed E-state index contributed by atoms with van der Waals surface area (Å²) < 4.78 is 16.1. The van der Waals surface area contributed by atoms with E-state index in [1.54, 1.807) is 7.11 Å². The van der Waals surface area contributed by atoms with E-state index in [1.807, 2.05) is 84.9 Å². The monoisotopic (exact) mass is 522 g/mol. The molecule has 0 bridgehead atoms. The summed E-state index contributed by atoms with van der Waals surface area (Å²) in [4.78, 5) is 21.9. The standard InChI is InChI=1S/C28H22N6O3S/c1-36-20-15-13-18(14-16-20)22-24(30-28-31-27(37-2)33-38-28)29-25-21(17-9-5-3-6-10-17)23(32-34(25)26(22)35)19-11-7-4-8-12-19/h3-16,29H,1-2H3,(H,30,31,33). The zero-order chi connectivity index (χ0) is 26.1. The average Bonchev–Trinajstić information content (AvgIpc) is 3.59. The van der Waals surface area contributed by atoms with Crippen LogP contribution in [-0.2, 0) is 0 Å². The van der Waals surface area contributed by atoms with Gasteiger partial charge in [-0.05, 0) is 23.3 Å². The Hall–Kier alpha value is -4.96. The molecule has 6 aromatic rings. The van der Waals surface area contributed by atoms with E-state index in [0.29, 0.717) is 39.2 Å². The van der Waals surface area contributed by atoms with Gasteiger partial charge in [-0.25, -0.2) is 0 Å². The number of aromatic amines is 1. The van der Waals surface area contributed by atoms with Crippen molar-refractivity contribution in [3.05, 3.63) is 95.3 Å². The van der Waals surface area contributed by atoms with Crippen LogP contribution in [0.15, 0.2) is 89.7 Å². The molecule has 3 heterocycles. The minimum absolute atomic E-state index is 0.243. The highest BCUT2D eigenvalue weighted by atomic mass is 32.1. The van der Waals surface area contributed by atoms with Crippen molar-refractivity contribution in [2.75, 3.05) is 19.5 Å². The number of hydrogen-bond donors (Lipinski definition) is 2. The molecule has 0 saturated heterocycles. The molecule has 0 unspecified atom stereocenters. The molecule has 0 radical (unpaired) electrons. The molecule has 188 valence electrons. The maximum atomic E-state index is 14.1. The van der Waals surface area contributed by atoms with Crippen LogP contribution in [0.4, 0.5) is 10.9 Å². The van der Waals surface area contributed by atoms with E-state index in [-0.39, 0.29) is 11.6 Å². The van der Waals surface area contributed by atoms with Crippen LogP contribution < -0.4 is 20.3 Å². The molecule has 10 heteroatoms. The summed E-state index contributed by atoms with van der Waals surface area (Å²) >= 11 is 1.13. The number of anilines is 2. The first kappa shape index (κ1) is 23.4. The van der Waals surface area contributed by atoms with Crippen molar-refractivity contribution in [3.8, 4) is 45.3 Å². The van der Waals surface area contributed by atoms with E-state index in [4.69, 9.17) is 14.6 Å². The first-order valence-corrected chi connectivity index (χ1v) is 12.5. The van der Waals surface area contributed by atoms with Crippen LogP contribution in [0.1, 0.15) is 0 Å². The van der Waals surface area contributed by atoms with Crippen molar-refractivity contribution in [2.24, 2.45) is 0 Å². The van der Waals surface area contributed by atoms with Gasteiger partial charge in [-0.1, -0.05) is 72.8 Å². The average molecular weight is 523 g/mol. The Bertz CT molecular complexity index is 1780. The van der Waals surface area contributed by atoms with E-state index in [2.05, 4.69) is 19.7 Å². The van der Waals surface area contributed by atoms with Gasteiger partial charge in [0.05, 0.1) is 25.3 Å². The highest BCUT2D eigenvalue weighted by Gasteiger charge is 2.23. The third-order valence-corrected chi connectivity index (χ3v) is 6.71. The Balaban J connectivity index is 1.65. The van der Waals surface area contributed by atoms with Gasteiger partial charge in [0.2, 0.25) is 5.13 Å². The van der Waals surface area contributed by atoms with Gasteiger partial charge in [0.1, 0.15) is 22.9 Å². The van der Waals surface area contributed by atoms with Gasteiger partial charge in [0.15, 0.2) is 0 Å². The number of rotatable bonds is 7. The third kappa shape index (κ3) is 4.16. The van der Waals surface area contributed by atoms with E-state index in [9.17, 15) is 4.79 Å². The Morgan fingerprint density at radius 1 is 0.816 bits per heavy atom. The SMILES string of the molecule is COc1ccc(-c2c(Nc3nc(OC)ns3)[nH]c3c(-c4ccccc4)c(-c4ccccc4)nn3c2=O)cc1. The summed E-state index contributed by atoms with van der Waals surface area (Å²) in [6.07, 6.45) is 0. The molecule has 0 spiro atoms. The Morgan fingerprint density at radius 2 is 1.47 bits per heavy atom. The summed E-state index contributed by atoms with van der Waals surface area (Å²) in [5.41, 5.74) is 4.68.